The molecule has 6 saturated heterocycles. The largest absolute Gasteiger partial charge is 0.506 e. The molecule has 10 heterocycles. The summed E-state index contributed by atoms with van der Waals surface area (Å²) in [5.41, 5.74) is -0.512. The van der Waals surface area contributed by atoms with Gasteiger partial charge in [-0.1, -0.05) is 55.7 Å². The second-order valence-corrected chi connectivity index (χ2v) is 26.3. The van der Waals surface area contributed by atoms with Gasteiger partial charge in [-0.3, -0.25) is 9.59 Å². The summed E-state index contributed by atoms with van der Waals surface area (Å²) in [6.07, 6.45) is 16.0. The smallest absolute Gasteiger partial charge is 0.415 e. The van der Waals surface area contributed by atoms with E-state index < -0.39 is 29.1 Å². The summed E-state index contributed by atoms with van der Waals surface area (Å²) in [7, 11) is 0. The number of ether oxygens (including phenoxy) is 2. The van der Waals surface area contributed by atoms with Gasteiger partial charge in [-0.15, -0.1) is 0 Å². The van der Waals surface area contributed by atoms with E-state index in [1.807, 2.05) is 0 Å². The fraction of sp³-hybridized carbons (Fsp3) is 0.451. The molecule has 486 valence electrons. The molecule has 0 saturated carbocycles. The monoisotopic (exact) mass is 1290 g/mol. The number of piperidine rings is 6. The van der Waals surface area contributed by atoms with Gasteiger partial charge >= 0.3 is 34.4 Å². The summed E-state index contributed by atoms with van der Waals surface area (Å²) in [5.74, 6) is -0.573. The lowest BCUT2D eigenvalue weighted by molar-refractivity contribution is 0.0876. The van der Waals surface area contributed by atoms with E-state index in [1.54, 1.807) is 71.0 Å². The number of rotatable bonds is 5. The molecule has 0 aliphatic carbocycles. The molecule has 21 nitrogen and oxygen atoms in total. The molecule has 6 fully saturated rings. The molecule has 2 N–H and O–H groups in total. The van der Waals surface area contributed by atoms with Gasteiger partial charge in [0.05, 0.1) is 21.5 Å². The molecular formula is C71H75ClN6O15. The summed E-state index contributed by atoms with van der Waals surface area (Å²) in [6.45, 7) is 14.3. The molecule has 6 aliphatic heterocycles. The lowest BCUT2D eigenvalue weighted by Gasteiger charge is -2.39. The fourth-order valence-corrected chi connectivity index (χ4v) is 15.9. The number of likely N-dealkylation sites (tertiary alicyclic amines) is 6. The highest BCUT2D eigenvalue weighted by molar-refractivity contribution is 6.62. The molecule has 10 aromatic rings. The van der Waals surface area contributed by atoms with Gasteiger partial charge in [-0.2, -0.15) is 0 Å². The van der Waals surface area contributed by atoms with E-state index in [-0.39, 0.29) is 94.0 Å². The Morgan fingerprint density at radius 3 is 1.41 bits per heavy atom. The minimum atomic E-state index is -0.737. The van der Waals surface area contributed by atoms with Crippen molar-refractivity contribution in [3.8, 4) is 23.2 Å². The summed E-state index contributed by atoms with van der Waals surface area (Å²) in [4.78, 5) is 104. The Morgan fingerprint density at radius 2 is 0.871 bits per heavy atom. The second kappa shape index (κ2) is 25.8. The quantitative estimate of drug-likeness (QED) is 0.0534. The summed E-state index contributed by atoms with van der Waals surface area (Å²) >= 11 is 5.46. The molecule has 6 aliphatic rings. The molecule has 3 amide bonds. The van der Waals surface area contributed by atoms with Crippen molar-refractivity contribution in [1.29, 1.82) is 0 Å². The maximum Gasteiger partial charge on any atom is 0.415 e. The van der Waals surface area contributed by atoms with Crippen LogP contribution in [0.25, 0.3) is 87.0 Å². The molecule has 0 radical (unpaired) electrons. The number of nitrogens with zero attached hydrogens (tertiary/aromatic N) is 6. The Kier molecular flexibility index (Phi) is 17.2. The molecule has 22 heteroatoms. The van der Waals surface area contributed by atoms with Crippen LogP contribution in [0.5, 0.6) is 23.2 Å². The molecule has 0 atom stereocenters. The second-order valence-electron chi connectivity index (χ2n) is 26.0. The van der Waals surface area contributed by atoms with Gasteiger partial charge in [0.25, 0.3) is 5.95 Å². The van der Waals surface area contributed by atoms with Crippen molar-refractivity contribution < 1.29 is 51.7 Å². The third-order valence-electron chi connectivity index (χ3n) is 20.6. The maximum absolute atomic E-state index is 14.0. The highest BCUT2D eigenvalue weighted by Crippen LogP contribution is 2.48. The zero-order valence-corrected chi connectivity index (χ0v) is 53.1. The topological polar surface area (TPSA) is 250 Å². The highest BCUT2D eigenvalue weighted by Gasteiger charge is 2.35. The first-order chi connectivity index (χ1) is 45.1. The van der Waals surface area contributed by atoms with Crippen LogP contribution in [0.15, 0.2) is 97.5 Å². The number of carbonyl (C=O) groups excluding carboxylic acids is 3. The Morgan fingerprint density at radius 1 is 0.430 bits per heavy atom. The number of carbonyl (C=O) groups is 3. The van der Waals surface area contributed by atoms with Crippen LogP contribution in [0.2, 0.25) is 0 Å². The van der Waals surface area contributed by atoms with Crippen molar-refractivity contribution in [3.05, 3.63) is 113 Å². The molecule has 6 aromatic carbocycles. The van der Waals surface area contributed by atoms with Crippen LogP contribution in [0.4, 0.5) is 14.4 Å². The van der Waals surface area contributed by atoms with Gasteiger partial charge < -0.3 is 66.8 Å². The van der Waals surface area contributed by atoms with Gasteiger partial charge in [0.1, 0.15) is 33.4 Å². The molecule has 16 rings (SSSR count). The molecule has 93 heavy (non-hydrogen) atoms. The number of benzene rings is 6. The molecular weight excluding hydrogens is 1210 g/mol. The summed E-state index contributed by atoms with van der Waals surface area (Å²) < 4.78 is 35.1. The third-order valence-corrected chi connectivity index (χ3v) is 20.8. The number of aromatic hydroxyl groups is 2. The van der Waals surface area contributed by atoms with Gasteiger partial charge in [0, 0.05) is 89.7 Å². The Balaban J connectivity index is 0.000000152. The predicted octanol–water partition coefficient (Wildman–Crippen LogP) is 12.5. The number of hydrogen-bond donors (Lipinski definition) is 2. The SMILES string of the molecule is Cc1ccc2oc(=O)c3c(O)c4cccc(=O)c4c4oc(O)c1c2c34.Cc1ccc2oc(=O)c3c(OC(=O)N4CCC(N5CCCCC5)CC4)c4cccc(OC(=O)N5CCC(N6CCCCC6)CC5)c4c4oc(=O)c1c2c34.O=C(Cl)N1CCC(N2CCCCC2)CC1. The molecule has 4 aromatic heterocycles. The van der Waals surface area contributed by atoms with E-state index in [1.165, 1.54) is 89.1 Å². The van der Waals surface area contributed by atoms with Crippen molar-refractivity contribution in [1.82, 2.24) is 29.4 Å². The molecule has 0 spiro atoms. The average Bonchev–Trinajstić information content (AvgIpc) is 0.721. The zero-order chi connectivity index (χ0) is 64.3. The van der Waals surface area contributed by atoms with Crippen LogP contribution in [0.1, 0.15) is 107 Å². The first kappa shape index (κ1) is 62.0. The lowest BCUT2D eigenvalue weighted by Crippen LogP contribution is -2.48. The highest BCUT2D eigenvalue weighted by atomic mass is 35.5. The zero-order valence-electron chi connectivity index (χ0n) is 52.4. The lowest BCUT2D eigenvalue weighted by atomic mass is 9.96. The number of phenols is 1. The Hall–Kier alpha value is -8.50. The van der Waals surface area contributed by atoms with E-state index in [4.69, 9.17) is 38.7 Å². The summed E-state index contributed by atoms with van der Waals surface area (Å²) in [5, 5.41) is 23.6. The van der Waals surface area contributed by atoms with E-state index >= 15 is 0 Å². The number of aryl methyl sites for hydroxylation is 2. The van der Waals surface area contributed by atoms with Gasteiger partial charge in [0.15, 0.2) is 22.3 Å². The van der Waals surface area contributed by atoms with Crippen LogP contribution >= 0.6 is 11.6 Å². The van der Waals surface area contributed by atoms with Gasteiger partial charge in [-0.05, 0) is 177 Å². The number of hydrogen-bond acceptors (Lipinski definition) is 18. The normalized spacial score (nSPS) is 18.9. The van der Waals surface area contributed by atoms with E-state index in [0.29, 0.717) is 82.4 Å². The van der Waals surface area contributed by atoms with E-state index in [9.17, 15) is 43.8 Å². The molecule has 0 unspecified atom stereocenters. The predicted molar refractivity (Wildman–Crippen MR) is 356 cm³/mol. The standard InChI is InChI=1S/C41H46N4O8.C19H10O6.C11H19ClN2O/c1-25-11-12-30-33-31(25)38(46)52-37-32-28(9-8-10-29(32)51-40(48)44-21-13-26(14-22-44)42-17-4-2-5-18-42)36(35(34(33)37)39(47)50-30)53-41(49)45-23-15-27(16-24-45)43-19-6-3-7-20-43;1-7-5-6-10-13-11(7)18(22)25-17-12-8(3-2-4-9(12)20)16(21)15(14(13)17)19(23)24-10;12-11(15)14-8-4-10(5-9-14)13-6-2-1-3-7-13/h8-12,26-27H,2-7,13-24H2,1H3;2-6,21-22H,1H3;10H,1-9H2. The number of amides is 3. The average molecular weight is 1290 g/mol. The van der Waals surface area contributed by atoms with Crippen molar-refractivity contribution in [2.75, 3.05) is 78.5 Å². The van der Waals surface area contributed by atoms with Crippen LogP contribution in [-0.4, -0.2) is 154 Å². The van der Waals surface area contributed by atoms with Gasteiger partial charge in [-0.25, -0.2) is 24.0 Å². The maximum atomic E-state index is 14.0. The minimum absolute atomic E-state index is 0.000774. The van der Waals surface area contributed by atoms with Crippen LogP contribution in [-0.2, 0) is 0 Å². The van der Waals surface area contributed by atoms with Crippen molar-refractivity contribution >= 4 is 116 Å². The number of halogens is 1. The van der Waals surface area contributed by atoms with Crippen molar-refractivity contribution in [2.24, 2.45) is 0 Å². The first-order valence-electron chi connectivity index (χ1n) is 33.0. The van der Waals surface area contributed by atoms with Crippen molar-refractivity contribution in [2.45, 2.75) is 128 Å². The van der Waals surface area contributed by atoms with Crippen LogP contribution in [0.3, 0.4) is 0 Å². The van der Waals surface area contributed by atoms with Crippen molar-refractivity contribution in [3.63, 3.8) is 0 Å². The number of fused-ring (bicyclic) bond motifs is 4. The minimum Gasteiger partial charge on any atom is -0.506 e. The Labute approximate surface area is 538 Å². The van der Waals surface area contributed by atoms with E-state index in [2.05, 4.69) is 14.7 Å². The first-order valence-corrected chi connectivity index (χ1v) is 33.4. The van der Waals surface area contributed by atoms with Crippen LogP contribution < -0.4 is 31.8 Å². The third kappa shape index (κ3) is 11.5. The van der Waals surface area contributed by atoms with Crippen LogP contribution in [0, 0.1) is 13.8 Å². The fourth-order valence-electron chi connectivity index (χ4n) is 15.7. The number of phenolic OH excluding ortho intramolecular Hbond substituents is 1. The summed E-state index contributed by atoms with van der Waals surface area (Å²) in [6, 6.07) is 17.6. The Bertz CT molecular complexity index is 4770. The molecule has 0 bridgehead atoms. The van der Waals surface area contributed by atoms with Gasteiger partial charge in [0.2, 0.25) is 0 Å². The van der Waals surface area contributed by atoms with E-state index in [0.717, 1.165) is 77.8 Å².